The van der Waals surface area contributed by atoms with Crippen molar-refractivity contribution >= 4 is 0 Å². The van der Waals surface area contributed by atoms with Gasteiger partial charge in [0.1, 0.15) is 11.6 Å². The summed E-state index contributed by atoms with van der Waals surface area (Å²) in [6, 6.07) is 8.72. The summed E-state index contributed by atoms with van der Waals surface area (Å²) < 4.78 is 18.9. The lowest BCUT2D eigenvalue weighted by atomic mass is 10.1. The smallest absolute Gasteiger partial charge is 0.131 e. The molecule has 0 aliphatic heterocycles. The second-order valence-corrected chi connectivity index (χ2v) is 4.35. The predicted octanol–water partition coefficient (Wildman–Crippen LogP) is 3.08. The molecule has 0 aliphatic carbocycles. The van der Waals surface area contributed by atoms with E-state index in [1.54, 1.807) is 24.5 Å². The molecule has 0 saturated heterocycles. The van der Waals surface area contributed by atoms with Crippen LogP contribution in [0.3, 0.4) is 0 Å². The lowest BCUT2D eigenvalue weighted by molar-refractivity contribution is 0.409. The predicted molar refractivity (Wildman–Crippen MR) is 72.4 cm³/mol. The van der Waals surface area contributed by atoms with Crippen LogP contribution in [0.15, 0.2) is 42.7 Å². The maximum atomic E-state index is 13.9. The number of hydrogen-bond acceptors (Lipinski definition) is 3. The molecule has 0 bridgehead atoms. The van der Waals surface area contributed by atoms with Crippen LogP contribution < -0.4 is 10.1 Å². The quantitative estimate of drug-likeness (QED) is 0.897. The zero-order chi connectivity index (χ0) is 13.7. The standard InChI is InChI=1S/C15H17FN2O/c1-11(18-10-12-5-7-17-8-6-12)14-4-3-13(19-2)9-15(14)16/h3-9,11,18H,10H2,1-2H3. The van der Waals surface area contributed by atoms with Gasteiger partial charge in [0.25, 0.3) is 0 Å². The molecule has 0 spiro atoms. The highest BCUT2D eigenvalue weighted by molar-refractivity contribution is 5.30. The van der Waals surface area contributed by atoms with Gasteiger partial charge in [0.05, 0.1) is 7.11 Å². The molecule has 3 nitrogen and oxygen atoms in total. The van der Waals surface area contributed by atoms with E-state index in [-0.39, 0.29) is 11.9 Å². The van der Waals surface area contributed by atoms with Gasteiger partial charge in [0.15, 0.2) is 0 Å². The van der Waals surface area contributed by atoms with Crippen LogP contribution in [-0.4, -0.2) is 12.1 Å². The molecule has 1 unspecified atom stereocenters. The number of nitrogens with zero attached hydrogens (tertiary/aromatic N) is 1. The minimum absolute atomic E-state index is 0.0703. The number of methoxy groups -OCH3 is 1. The SMILES string of the molecule is COc1ccc(C(C)NCc2ccncc2)c(F)c1. The largest absolute Gasteiger partial charge is 0.497 e. The molecular formula is C15H17FN2O. The molecule has 1 aromatic carbocycles. The summed E-state index contributed by atoms with van der Waals surface area (Å²) in [7, 11) is 1.53. The Hall–Kier alpha value is -1.94. The summed E-state index contributed by atoms with van der Waals surface area (Å²) in [5.74, 6) is 0.275. The molecule has 0 radical (unpaired) electrons. The fraction of sp³-hybridized carbons (Fsp3) is 0.267. The zero-order valence-corrected chi connectivity index (χ0v) is 11.1. The number of pyridine rings is 1. The first-order chi connectivity index (χ1) is 9.20. The molecule has 1 heterocycles. The molecule has 0 aliphatic rings. The van der Waals surface area contributed by atoms with Crippen molar-refractivity contribution in [2.45, 2.75) is 19.5 Å². The Morgan fingerprint density at radius 1 is 1.26 bits per heavy atom. The van der Waals surface area contributed by atoms with Crippen LogP contribution in [0.2, 0.25) is 0 Å². The zero-order valence-electron chi connectivity index (χ0n) is 11.1. The molecule has 0 fully saturated rings. The maximum Gasteiger partial charge on any atom is 0.131 e. The van der Waals surface area contributed by atoms with Gasteiger partial charge in [0, 0.05) is 36.6 Å². The van der Waals surface area contributed by atoms with Gasteiger partial charge in [-0.2, -0.15) is 0 Å². The average molecular weight is 260 g/mol. The Labute approximate surface area is 112 Å². The average Bonchev–Trinajstić information content (AvgIpc) is 2.45. The van der Waals surface area contributed by atoms with Crippen molar-refractivity contribution in [3.63, 3.8) is 0 Å². The number of nitrogens with one attached hydrogen (secondary N) is 1. The van der Waals surface area contributed by atoms with Gasteiger partial charge in [-0.1, -0.05) is 6.07 Å². The molecule has 19 heavy (non-hydrogen) atoms. The Bertz CT molecular complexity index is 531. The van der Waals surface area contributed by atoms with E-state index in [0.717, 1.165) is 5.56 Å². The first kappa shape index (κ1) is 13.5. The minimum Gasteiger partial charge on any atom is -0.497 e. The second-order valence-electron chi connectivity index (χ2n) is 4.35. The van der Waals surface area contributed by atoms with Crippen LogP contribution in [0.1, 0.15) is 24.1 Å². The van der Waals surface area contributed by atoms with E-state index in [1.807, 2.05) is 19.1 Å². The summed E-state index contributed by atoms with van der Waals surface area (Å²) >= 11 is 0. The van der Waals surface area contributed by atoms with Crippen molar-refractivity contribution in [2.75, 3.05) is 7.11 Å². The van der Waals surface area contributed by atoms with Gasteiger partial charge in [-0.3, -0.25) is 4.98 Å². The third-order valence-corrected chi connectivity index (χ3v) is 3.04. The molecule has 1 aromatic heterocycles. The van der Waals surface area contributed by atoms with Crippen molar-refractivity contribution in [3.8, 4) is 5.75 Å². The Morgan fingerprint density at radius 3 is 2.63 bits per heavy atom. The fourth-order valence-corrected chi connectivity index (χ4v) is 1.87. The molecule has 100 valence electrons. The highest BCUT2D eigenvalue weighted by Gasteiger charge is 2.11. The van der Waals surface area contributed by atoms with Gasteiger partial charge < -0.3 is 10.1 Å². The van der Waals surface area contributed by atoms with Crippen LogP contribution in [0.5, 0.6) is 5.75 Å². The maximum absolute atomic E-state index is 13.9. The Morgan fingerprint density at radius 2 is 2.00 bits per heavy atom. The van der Waals surface area contributed by atoms with Crippen LogP contribution in [-0.2, 0) is 6.54 Å². The summed E-state index contributed by atoms with van der Waals surface area (Å²) in [6.45, 7) is 2.61. The van der Waals surface area contributed by atoms with E-state index in [1.165, 1.54) is 13.2 Å². The molecule has 0 saturated carbocycles. The van der Waals surface area contributed by atoms with Crippen LogP contribution in [0, 0.1) is 5.82 Å². The molecule has 2 aromatic rings. The van der Waals surface area contributed by atoms with Crippen LogP contribution in [0.4, 0.5) is 4.39 Å². The number of benzene rings is 1. The van der Waals surface area contributed by atoms with E-state index in [0.29, 0.717) is 17.9 Å². The second kappa shape index (κ2) is 6.29. The van der Waals surface area contributed by atoms with Gasteiger partial charge in [-0.25, -0.2) is 4.39 Å². The highest BCUT2D eigenvalue weighted by atomic mass is 19.1. The van der Waals surface area contributed by atoms with Gasteiger partial charge >= 0.3 is 0 Å². The summed E-state index contributed by atoms with van der Waals surface area (Å²) in [4.78, 5) is 3.96. The first-order valence-corrected chi connectivity index (χ1v) is 6.16. The van der Waals surface area contributed by atoms with Crippen molar-refractivity contribution in [1.82, 2.24) is 10.3 Å². The van der Waals surface area contributed by atoms with E-state index in [9.17, 15) is 4.39 Å². The third kappa shape index (κ3) is 3.51. The molecule has 4 heteroatoms. The summed E-state index contributed by atoms with van der Waals surface area (Å²) in [5, 5.41) is 3.28. The van der Waals surface area contributed by atoms with Gasteiger partial charge in [-0.15, -0.1) is 0 Å². The van der Waals surface area contributed by atoms with E-state index >= 15 is 0 Å². The number of rotatable bonds is 5. The number of ether oxygens (including phenoxy) is 1. The van der Waals surface area contributed by atoms with E-state index < -0.39 is 0 Å². The van der Waals surface area contributed by atoms with Crippen molar-refractivity contribution < 1.29 is 9.13 Å². The van der Waals surface area contributed by atoms with Crippen molar-refractivity contribution in [2.24, 2.45) is 0 Å². The molecule has 2 rings (SSSR count). The van der Waals surface area contributed by atoms with Gasteiger partial charge in [-0.05, 0) is 30.7 Å². The summed E-state index contributed by atoms with van der Waals surface area (Å²) in [6.07, 6.45) is 3.49. The monoisotopic (exact) mass is 260 g/mol. The van der Waals surface area contributed by atoms with Gasteiger partial charge in [0.2, 0.25) is 0 Å². The van der Waals surface area contributed by atoms with Crippen LogP contribution >= 0.6 is 0 Å². The topological polar surface area (TPSA) is 34.1 Å². The molecule has 1 atom stereocenters. The number of halogens is 1. The molecular weight excluding hydrogens is 243 g/mol. The van der Waals surface area contributed by atoms with E-state index in [4.69, 9.17) is 4.74 Å². The Balaban J connectivity index is 2.02. The Kier molecular flexibility index (Phi) is 4.47. The van der Waals surface area contributed by atoms with Crippen molar-refractivity contribution in [3.05, 3.63) is 59.7 Å². The normalized spacial score (nSPS) is 12.2. The molecule has 0 amide bonds. The number of aromatic nitrogens is 1. The highest BCUT2D eigenvalue weighted by Crippen LogP contribution is 2.21. The lowest BCUT2D eigenvalue weighted by Crippen LogP contribution is -2.19. The summed E-state index contributed by atoms with van der Waals surface area (Å²) in [5.41, 5.74) is 1.76. The van der Waals surface area contributed by atoms with E-state index in [2.05, 4.69) is 10.3 Å². The third-order valence-electron chi connectivity index (χ3n) is 3.04. The van der Waals surface area contributed by atoms with Crippen molar-refractivity contribution in [1.29, 1.82) is 0 Å². The first-order valence-electron chi connectivity index (χ1n) is 6.16. The van der Waals surface area contributed by atoms with Crippen LogP contribution in [0.25, 0.3) is 0 Å². The number of hydrogen-bond donors (Lipinski definition) is 1. The fourth-order valence-electron chi connectivity index (χ4n) is 1.87. The lowest BCUT2D eigenvalue weighted by Gasteiger charge is -2.15. The minimum atomic E-state index is -0.255. The molecule has 1 N–H and O–H groups in total.